The lowest BCUT2D eigenvalue weighted by atomic mass is 9.94. The summed E-state index contributed by atoms with van der Waals surface area (Å²) in [5, 5.41) is 0.484. The number of nitrogens with zero attached hydrogens (tertiary/aromatic N) is 2. The van der Waals surface area contributed by atoms with Gasteiger partial charge in [0.1, 0.15) is 5.82 Å². The Morgan fingerprint density at radius 3 is 2.38 bits per heavy atom. The van der Waals surface area contributed by atoms with Crippen LogP contribution in [-0.2, 0) is 11.3 Å². The second kappa shape index (κ2) is 8.30. The van der Waals surface area contributed by atoms with Crippen LogP contribution in [0.25, 0.3) is 0 Å². The van der Waals surface area contributed by atoms with Crippen LogP contribution in [0, 0.1) is 11.7 Å². The van der Waals surface area contributed by atoms with Gasteiger partial charge < -0.3 is 4.90 Å². The van der Waals surface area contributed by atoms with Gasteiger partial charge in [-0.3, -0.25) is 9.69 Å². The smallest absolute Gasteiger partial charge is 0.225 e. The molecule has 2 fully saturated rings. The van der Waals surface area contributed by atoms with Crippen molar-refractivity contribution in [3.63, 3.8) is 0 Å². The van der Waals surface area contributed by atoms with E-state index in [0.717, 1.165) is 64.0 Å². The SMILES string of the molecule is O=C(C1CCN(Cc2ccc(F)cc2Cl)CC1)N1CCCCCC1. The van der Waals surface area contributed by atoms with Crippen molar-refractivity contribution >= 4 is 17.5 Å². The summed E-state index contributed by atoms with van der Waals surface area (Å²) < 4.78 is 13.1. The highest BCUT2D eigenvalue weighted by atomic mass is 35.5. The van der Waals surface area contributed by atoms with Gasteiger partial charge >= 0.3 is 0 Å². The summed E-state index contributed by atoms with van der Waals surface area (Å²) in [7, 11) is 0. The number of rotatable bonds is 3. The van der Waals surface area contributed by atoms with Gasteiger partial charge in [0.2, 0.25) is 5.91 Å². The monoisotopic (exact) mass is 352 g/mol. The summed E-state index contributed by atoms with van der Waals surface area (Å²) in [6, 6.07) is 4.58. The van der Waals surface area contributed by atoms with Gasteiger partial charge in [0, 0.05) is 30.6 Å². The lowest BCUT2D eigenvalue weighted by molar-refractivity contribution is -0.137. The summed E-state index contributed by atoms with van der Waals surface area (Å²) in [5.41, 5.74) is 0.954. The molecule has 0 unspecified atom stereocenters. The molecule has 24 heavy (non-hydrogen) atoms. The van der Waals surface area contributed by atoms with E-state index < -0.39 is 0 Å². The van der Waals surface area contributed by atoms with Gasteiger partial charge in [-0.1, -0.05) is 30.5 Å². The molecule has 2 aliphatic rings. The average molecular weight is 353 g/mol. The number of benzene rings is 1. The quantitative estimate of drug-likeness (QED) is 0.817. The average Bonchev–Trinajstić information content (AvgIpc) is 2.87. The molecule has 2 heterocycles. The maximum absolute atomic E-state index is 13.1. The van der Waals surface area contributed by atoms with Crippen molar-refractivity contribution in [1.82, 2.24) is 9.80 Å². The third kappa shape index (κ3) is 4.48. The van der Waals surface area contributed by atoms with Crippen LogP contribution < -0.4 is 0 Å². The number of carbonyl (C=O) groups excluding carboxylic acids is 1. The summed E-state index contributed by atoms with van der Waals surface area (Å²) in [6.45, 7) is 4.40. The molecule has 1 aromatic rings. The maximum Gasteiger partial charge on any atom is 0.225 e. The fourth-order valence-corrected chi connectivity index (χ4v) is 4.01. The molecule has 2 saturated heterocycles. The molecule has 3 nitrogen and oxygen atoms in total. The first-order valence-corrected chi connectivity index (χ1v) is 9.46. The summed E-state index contributed by atoms with van der Waals surface area (Å²) in [4.78, 5) is 17.1. The number of likely N-dealkylation sites (tertiary alicyclic amines) is 2. The number of hydrogen-bond acceptors (Lipinski definition) is 2. The van der Waals surface area contributed by atoms with E-state index in [-0.39, 0.29) is 11.7 Å². The Labute approximate surface area is 148 Å². The Hall–Kier alpha value is -1.13. The van der Waals surface area contributed by atoms with Gasteiger partial charge in [0.05, 0.1) is 0 Å². The predicted molar refractivity (Wildman–Crippen MR) is 94.5 cm³/mol. The second-order valence-corrected chi connectivity index (χ2v) is 7.43. The molecule has 0 bridgehead atoms. The fourth-order valence-electron chi connectivity index (χ4n) is 3.78. The first-order valence-electron chi connectivity index (χ1n) is 9.08. The number of halogens is 2. The van der Waals surface area contributed by atoms with Gasteiger partial charge in [-0.05, 0) is 56.5 Å². The normalized spacial score (nSPS) is 20.8. The van der Waals surface area contributed by atoms with Gasteiger partial charge in [0.15, 0.2) is 0 Å². The molecule has 0 spiro atoms. The fraction of sp³-hybridized carbons (Fsp3) is 0.632. The highest BCUT2D eigenvalue weighted by molar-refractivity contribution is 6.31. The van der Waals surface area contributed by atoms with Crippen LogP contribution in [0.15, 0.2) is 18.2 Å². The van der Waals surface area contributed by atoms with Crippen molar-refractivity contribution in [2.45, 2.75) is 45.1 Å². The Bertz CT molecular complexity index is 564. The van der Waals surface area contributed by atoms with Crippen molar-refractivity contribution in [3.8, 4) is 0 Å². The lowest BCUT2D eigenvalue weighted by Gasteiger charge is -2.34. The van der Waals surface area contributed by atoms with E-state index in [1.165, 1.54) is 25.0 Å². The molecule has 1 aromatic carbocycles. The van der Waals surface area contributed by atoms with Crippen LogP contribution in [0.3, 0.4) is 0 Å². The minimum atomic E-state index is -0.300. The Morgan fingerprint density at radius 2 is 1.75 bits per heavy atom. The Morgan fingerprint density at radius 1 is 1.08 bits per heavy atom. The number of piperidine rings is 1. The molecule has 1 amide bonds. The van der Waals surface area contributed by atoms with Crippen LogP contribution in [0.5, 0.6) is 0 Å². The first-order chi connectivity index (χ1) is 11.6. The number of carbonyl (C=O) groups is 1. The van der Waals surface area contributed by atoms with Gasteiger partial charge in [-0.25, -0.2) is 4.39 Å². The summed E-state index contributed by atoms with van der Waals surface area (Å²) >= 11 is 6.12. The molecule has 0 aliphatic carbocycles. The zero-order chi connectivity index (χ0) is 16.9. The molecule has 3 rings (SSSR count). The molecular weight excluding hydrogens is 327 g/mol. The minimum Gasteiger partial charge on any atom is -0.342 e. The Balaban J connectivity index is 1.50. The molecular formula is C19H26ClFN2O. The molecule has 0 radical (unpaired) electrons. The summed E-state index contributed by atoms with van der Waals surface area (Å²) in [6.07, 6.45) is 6.62. The highest BCUT2D eigenvalue weighted by Crippen LogP contribution is 2.25. The molecule has 0 aromatic heterocycles. The van der Waals surface area contributed by atoms with Crippen molar-refractivity contribution in [2.24, 2.45) is 5.92 Å². The largest absolute Gasteiger partial charge is 0.342 e. The van der Waals surface area contributed by atoms with E-state index in [4.69, 9.17) is 11.6 Å². The van der Waals surface area contributed by atoms with Crippen LogP contribution in [0.1, 0.15) is 44.1 Å². The molecule has 5 heteroatoms. The van der Waals surface area contributed by atoms with Crippen LogP contribution in [-0.4, -0.2) is 41.9 Å². The highest BCUT2D eigenvalue weighted by Gasteiger charge is 2.28. The van der Waals surface area contributed by atoms with Gasteiger partial charge in [-0.15, -0.1) is 0 Å². The third-order valence-corrected chi connectivity index (χ3v) is 5.62. The van der Waals surface area contributed by atoms with Crippen LogP contribution in [0.2, 0.25) is 5.02 Å². The van der Waals surface area contributed by atoms with E-state index in [1.54, 1.807) is 6.07 Å². The molecule has 0 N–H and O–H groups in total. The van der Waals surface area contributed by atoms with E-state index in [2.05, 4.69) is 9.80 Å². The zero-order valence-electron chi connectivity index (χ0n) is 14.1. The van der Waals surface area contributed by atoms with Crippen molar-refractivity contribution < 1.29 is 9.18 Å². The number of hydrogen-bond donors (Lipinski definition) is 0. The second-order valence-electron chi connectivity index (χ2n) is 7.03. The van der Waals surface area contributed by atoms with E-state index in [9.17, 15) is 9.18 Å². The molecule has 2 aliphatic heterocycles. The topological polar surface area (TPSA) is 23.6 Å². The number of amides is 1. The molecule has 0 atom stereocenters. The predicted octanol–water partition coefficient (Wildman–Crippen LogP) is 4.09. The van der Waals surface area contributed by atoms with Gasteiger partial charge in [0.25, 0.3) is 0 Å². The van der Waals surface area contributed by atoms with Crippen molar-refractivity contribution in [2.75, 3.05) is 26.2 Å². The van der Waals surface area contributed by atoms with E-state index in [0.29, 0.717) is 10.9 Å². The van der Waals surface area contributed by atoms with E-state index >= 15 is 0 Å². The van der Waals surface area contributed by atoms with Crippen LogP contribution >= 0.6 is 11.6 Å². The molecule has 0 saturated carbocycles. The zero-order valence-corrected chi connectivity index (χ0v) is 14.9. The Kier molecular flexibility index (Phi) is 6.12. The van der Waals surface area contributed by atoms with E-state index in [1.807, 2.05) is 0 Å². The maximum atomic E-state index is 13.1. The standard InChI is InChI=1S/C19H26ClFN2O/c20-18-13-17(21)6-5-16(18)14-22-11-7-15(8-12-22)19(24)23-9-3-1-2-4-10-23/h5-6,13,15H,1-4,7-12,14H2. The molecule has 132 valence electrons. The van der Waals surface area contributed by atoms with Gasteiger partial charge in [-0.2, -0.15) is 0 Å². The van der Waals surface area contributed by atoms with Crippen molar-refractivity contribution in [1.29, 1.82) is 0 Å². The lowest BCUT2D eigenvalue weighted by Crippen LogP contribution is -2.42. The third-order valence-electron chi connectivity index (χ3n) is 5.26. The first kappa shape index (κ1) is 17.7. The minimum absolute atomic E-state index is 0.169. The van der Waals surface area contributed by atoms with Crippen LogP contribution in [0.4, 0.5) is 4.39 Å². The van der Waals surface area contributed by atoms with Crippen molar-refractivity contribution in [3.05, 3.63) is 34.6 Å². The summed E-state index contributed by atoms with van der Waals surface area (Å²) in [5.74, 6) is 0.227.